The molecular formula is C24H31Cl2PZr. The number of hydrogen-bond acceptors (Lipinski definition) is 0. The van der Waals surface area contributed by atoms with Crippen molar-refractivity contribution in [2.24, 2.45) is 11.8 Å². The Morgan fingerprint density at radius 3 is 2.21 bits per heavy atom. The molecule has 0 heterocycles. The summed E-state index contributed by atoms with van der Waals surface area (Å²) in [4.78, 5) is 0. The van der Waals surface area contributed by atoms with E-state index >= 15 is 0 Å². The number of benzene rings is 1. The van der Waals surface area contributed by atoms with Crippen molar-refractivity contribution in [3.8, 4) is 0 Å². The van der Waals surface area contributed by atoms with Crippen molar-refractivity contribution in [2.75, 3.05) is 0 Å². The molecule has 2 aliphatic carbocycles. The van der Waals surface area contributed by atoms with Crippen LogP contribution >= 0.6 is 7.92 Å². The van der Waals surface area contributed by atoms with Gasteiger partial charge in [-0.1, -0.05) is 66.3 Å². The van der Waals surface area contributed by atoms with Gasteiger partial charge in [-0.25, -0.2) is 0 Å². The molecule has 28 heavy (non-hydrogen) atoms. The molecule has 0 saturated heterocycles. The quantitative estimate of drug-likeness (QED) is 0.423. The summed E-state index contributed by atoms with van der Waals surface area (Å²) in [5, 5.41) is 4.36. The van der Waals surface area contributed by atoms with E-state index in [1.165, 1.54) is 23.6 Å². The molecule has 0 aliphatic heterocycles. The summed E-state index contributed by atoms with van der Waals surface area (Å²) in [5.41, 5.74) is 1.54. The Labute approximate surface area is 204 Å². The summed E-state index contributed by atoms with van der Waals surface area (Å²) < 4.78 is 0. The first-order valence-corrected chi connectivity index (χ1v) is 11.2. The molecule has 0 nitrogen and oxygen atoms in total. The summed E-state index contributed by atoms with van der Waals surface area (Å²) in [6.45, 7) is 9.40. The fraction of sp³-hybridized carbons (Fsp3) is 0.417. The van der Waals surface area contributed by atoms with E-state index in [4.69, 9.17) is 0 Å². The third-order valence-electron chi connectivity index (χ3n) is 5.25. The van der Waals surface area contributed by atoms with Crippen LogP contribution in [0.1, 0.15) is 40.5 Å². The first-order valence-electron chi connectivity index (χ1n) is 9.68. The number of rotatable bonds is 3. The Kier molecular flexibility index (Phi) is 13.6. The summed E-state index contributed by atoms with van der Waals surface area (Å²) in [7, 11) is -0.0206. The van der Waals surface area contributed by atoms with Crippen molar-refractivity contribution in [1.82, 2.24) is 0 Å². The van der Waals surface area contributed by atoms with Gasteiger partial charge in [-0.05, 0) is 17.2 Å². The number of allylic oxidation sites excluding steroid dienone is 4. The molecule has 2 unspecified atom stereocenters. The number of halogens is 2. The van der Waals surface area contributed by atoms with Crippen molar-refractivity contribution >= 4 is 24.0 Å². The van der Waals surface area contributed by atoms with Crippen LogP contribution in [0.3, 0.4) is 0 Å². The molecule has 2 aliphatic rings. The molecule has 0 aromatic heterocycles. The molecule has 150 valence electrons. The van der Waals surface area contributed by atoms with Gasteiger partial charge >= 0.3 is 26.2 Å². The molecule has 2 atom stereocenters. The first kappa shape index (κ1) is 28.2. The van der Waals surface area contributed by atoms with Crippen LogP contribution in [0.15, 0.2) is 60.7 Å². The van der Waals surface area contributed by atoms with Crippen LogP contribution in [-0.4, -0.2) is 11.3 Å². The van der Waals surface area contributed by atoms with Crippen molar-refractivity contribution in [2.45, 2.75) is 51.9 Å². The smallest absolute Gasteiger partial charge is 1.00 e. The Morgan fingerprint density at radius 2 is 1.61 bits per heavy atom. The molecule has 1 saturated carbocycles. The van der Waals surface area contributed by atoms with E-state index in [0.29, 0.717) is 0 Å². The second kappa shape index (κ2) is 13.5. The average molecular weight is 513 g/mol. The predicted molar refractivity (Wildman–Crippen MR) is 115 cm³/mol. The van der Waals surface area contributed by atoms with Crippen molar-refractivity contribution in [3.05, 3.63) is 67.1 Å². The van der Waals surface area contributed by atoms with E-state index in [9.17, 15) is 0 Å². The average Bonchev–Trinajstić information content (AvgIpc) is 3.21. The second-order valence-electron chi connectivity index (χ2n) is 7.76. The Balaban J connectivity index is 0.000000525. The minimum absolute atomic E-state index is 0. The van der Waals surface area contributed by atoms with Gasteiger partial charge in [0.25, 0.3) is 0 Å². The predicted octanol–water partition coefficient (Wildman–Crippen LogP) is 0.831. The van der Waals surface area contributed by atoms with E-state index in [2.05, 4.69) is 94.8 Å². The van der Waals surface area contributed by atoms with Gasteiger partial charge in [0.15, 0.2) is 0 Å². The summed E-state index contributed by atoms with van der Waals surface area (Å²) >= 11 is 0. The first-order chi connectivity index (χ1) is 12.1. The number of hydrogen-bond donors (Lipinski definition) is 0. The Bertz CT molecular complexity index is 689. The molecule has 1 fully saturated rings. The van der Waals surface area contributed by atoms with Crippen molar-refractivity contribution in [3.63, 3.8) is 0 Å². The van der Waals surface area contributed by atoms with Gasteiger partial charge in [-0.15, -0.1) is 52.3 Å². The van der Waals surface area contributed by atoms with Gasteiger partial charge < -0.3 is 31.2 Å². The maximum absolute atomic E-state index is 2.42. The maximum Gasteiger partial charge on any atom is 4.00 e. The van der Waals surface area contributed by atoms with Gasteiger partial charge in [0, 0.05) is 0 Å². The van der Waals surface area contributed by atoms with Gasteiger partial charge in [0.2, 0.25) is 0 Å². The zero-order chi connectivity index (χ0) is 17.8. The van der Waals surface area contributed by atoms with E-state index in [-0.39, 0.29) is 58.9 Å². The van der Waals surface area contributed by atoms with E-state index in [0.717, 1.165) is 23.2 Å². The van der Waals surface area contributed by atoms with Gasteiger partial charge in [0.1, 0.15) is 0 Å². The second-order valence-corrected chi connectivity index (χ2v) is 11.2. The van der Waals surface area contributed by atoms with Crippen LogP contribution in [-0.2, 0) is 26.2 Å². The van der Waals surface area contributed by atoms with E-state index < -0.39 is 0 Å². The number of fused-ring (bicyclic) bond motifs is 2. The molecule has 0 amide bonds. The molecular weight excluding hydrogens is 481 g/mol. The van der Waals surface area contributed by atoms with Crippen LogP contribution in [0.4, 0.5) is 0 Å². The molecule has 4 heteroatoms. The van der Waals surface area contributed by atoms with Crippen LogP contribution in [0.5, 0.6) is 0 Å². The third-order valence-corrected chi connectivity index (χ3v) is 8.33. The molecule has 0 N–H and O–H groups in total. The molecule has 0 bridgehead atoms. The largest absolute Gasteiger partial charge is 4.00 e. The zero-order valence-corrected chi connectivity index (χ0v) is 22.1. The standard InChI is InChI=1S/C15H20P.C9H11.2ClH.Zr/c1-11(2)16(12(3)4)15-9-13-7-5-6-8-14(13)10-15;1-2-5-9-7-3-6-8(9)4-1;;;/h5-12H,1-4H3;1-2,4-6,8-9H,3,7H2;2*1H;/q2*-1;;;+4/p-2. The topological polar surface area (TPSA) is 0 Å². The molecule has 0 spiro atoms. The SMILES string of the molecule is C1=CC2[CH-]CCC2C=C1.CC(C)P(c1cc2ccccc2[cH-]1)C(C)C.[Cl-].[Cl-].[Zr+4]. The Morgan fingerprint density at radius 1 is 0.964 bits per heavy atom. The molecule has 0 radical (unpaired) electrons. The van der Waals surface area contributed by atoms with Gasteiger partial charge in [-0.3, -0.25) is 0 Å². The van der Waals surface area contributed by atoms with E-state index in [1.54, 1.807) is 5.30 Å². The van der Waals surface area contributed by atoms with Crippen molar-refractivity contribution < 1.29 is 51.0 Å². The molecule has 2 aromatic carbocycles. The fourth-order valence-electron chi connectivity index (χ4n) is 4.17. The minimum atomic E-state index is -0.0206. The van der Waals surface area contributed by atoms with Crippen molar-refractivity contribution in [1.29, 1.82) is 0 Å². The summed E-state index contributed by atoms with van der Waals surface area (Å²) in [5.74, 6) is 1.62. The molecule has 2 aromatic rings. The van der Waals surface area contributed by atoms with E-state index in [1.807, 2.05) is 0 Å². The normalized spacial score (nSPS) is 19.5. The minimum Gasteiger partial charge on any atom is -1.00 e. The Hall–Kier alpha value is 0.203. The third kappa shape index (κ3) is 7.16. The molecule has 4 rings (SSSR count). The summed E-state index contributed by atoms with van der Waals surface area (Å²) in [6.07, 6.45) is 14.1. The monoisotopic (exact) mass is 510 g/mol. The zero-order valence-electron chi connectivity index (χ0n) is 17.3. The fourth-order valence-corrected chi connectivity index (χ4v) is 7.13. The summed E-state index contributed by atoms with van der Waals surface area (Å²) in [6, 6.07) is 13.5. The maximum atomic E-state index is 2.42. The van der Waals surface area contributed by atoms with Gasteiger partial charge in [-0.2, -0.15) is 12.5 Å². The van der Waals surface area contributed by atoms with Crippen LogP contribution in [0.2, 0.25) is 0 Å². The van der Waals surface area contributed by atoms with Gasteiger partial charge in [0.05, 0.1) is 0 Å². The van der Waals surface area contributed by atoms with Crippen LogP contribution in [0, 0.1) is 18.3 Å². The van der Waals surface area contributed by atoms with Crippen LogP contribution < -0.4 is 30.1 Å². The van der Waals surface area contributed by atoms with Crippen LogP contribution in [0.25, 0.3) is 10.8 Å².